The minimum atomic E-state index is -2.76. The normalized spacial score (nSPS) is 12.2. The Bertz CT molecular complexity index is 462. The molecule has 194 valence electrons. The van der Waals surface area contributed by atoms with Crippen molar-refractivity contribution in [1.82, 2.24) is 0 Å². The van der Waals surface area contributed by atoms with Gasteiger partial charge in [0.25, 0.3) is 0 Å². The number of hydrogen-bond acceptors (Lipinski definition) is 2. The van der Waals surface area contributed by atoms with E-state index in [1.165, 1.54) is 110 Å². The number of rotatable bonds is 24. The first-order chi connectivity index (χ1) is 16.1. The van der Waals surface area contributed by atoms with Crippen LogP contribution in [0.1, 0.15) is 143 Å². The second-order valence-electron chi connectivity index (χ2n) is 9.95. The summed E-state index contributed by atoms with van der Waals surface area (Å²) in [5.74, 6) is 0.139. The van der Waals surface area contributed by atoms with E-state index in [-0.39, 0.29) is 5.97 Å². The molecule has 0 radical (unpaired) electrons. The molecule has 0 amide bonds. The minimum absolute atomic E-state index is 0.139. The van der Waals surface area contributed by atoms with Crippen LogP contribution in [0.2, 0.25) is 13.3 Å². The van der Waals surface area contributed by atoms with Crippen molar-refractivity contribution in [3.8, 4) is 0 Å². The van der Waals surface area contributed by atoms with Crippen LogP contribution >= 0.6 is 0 Å². The van der Waals surface area contributed by atoms with Crippen LogP contribution in [0.25, 0.3) is 0 Å². The third-order valence-corrected chi connectivity index (χ3v) is 19.3. The Hall–Kier alpha value is -0.251. The standard InChI is InChI=1S/C18H32O2.3C4H9.Sn/c1-2-3-4-5-6-7-8-9-10-11-12-13-14-15-16-17-18(19)20;3*1-3-4-2;/h6-7,9-10H,2-5,8,11-17H2,1H3,(H,19,20);3*1,3-4H2,2H3;/q;;;;+1/p-1/b7-6-,10-9-;;;;. The number of carbonyl (C=O) groups excluding carboxylic acids is 1. The summed E-state index contributed by atoms with van der Waals surface area (Å²) in [6, 6.07) is 0. The van der Waals surface area contributed by atoms with Gasteiger partial charge >= 0.3 is 169 Å². The number of carbonyl (C=O) groups is 1. The molecule has 0 aliphatic carbocycles. The molecule has 0 aromatic heterocycles. The van der Waals surface area contributed by atoms with Gasteiger partial charge in [-0.15, -0.1) is 0 Å². The van der Waals surface area contributed by atoms with Crippen LogP contribution in [0, 0.1) is 0 Å². The predicted molar refractivity (Wildman–Crippen MR) is 150 cm³/mol. The Morgan fingerprint density at radius 3 is 1.55 bits per heavy atom. The van der Waals surface area contributed by atoms with E-state index in [1.54, 1.807) is 0 Å². The molecule has 0 aliphatic heterocycles. The molecule has 0 spiro atoms. The van der Waals surface area contributed by atoms with Gasteiger partial charge in [0.05, 0.1) is 0 Å². The van der Waals surface area contributed by atoms with Crippen molar-refractivity contribution >= 4 is 24.8 Å². The van der Waals surface area contributed by atoms with Gasteiger partial charge in [0.15, 0.2) is 0 Å². The van der Waals surface area contributed by atoms with E-state index in [9.17, 15) is 4.79 Å². The molecule has 3 heteroatoms. The molecule has 0 rings (SSSR count). The molecule has 0 N–H and O–H groups in total. The van der Waals surface area contributed by atoms with E-state index in [1.807, 2.05) is 0 Å². The molecular weight excluding hydrogens is 511 g/mol. The first-order valence-corrected chi connectivity index (χ1v) is 21.9. The average Bonchev–Trinajstić information content (AvgIpc) is 2.82. The molecule has 33 heavy (non-hydrogen) atoms. The fourth-order valence-corrected chi connectivity index (χ4v) is 17.6. The van der Waals surface area contributed by atoms with Crippen LogP contribution in [-0.4, -0.2) is 24.8 Å². The van der Waals surface area contributed by atoms with E-state index in [2.05, 4.69) is 52.0 Å². The van der Waals surface area contributed by atoms with Gasteiger partial charge in [-0.25, -0.2) is 0 Å². The fraction of sp³-hybridized carbons (Fsp3) is 0.833. The Kier molecular flexibility index (Phi) is 24.7. The summed E-state index contributed by atoms with van der Waals surface area (Å²) < 4.78 is 10.2. The molecular formula is C30H58O2Sn. The van der Waals surface area contributed by atoms with Gasteiger partial charge < -0.3 is 0 Å². The summed E-state index contributed by atoms with van der Waals surface area (Å²) in [6.07, 6.45) is 30.8. The van der Waals surface area contributed by atoms with Gasteiger partial charge in [-0.2, -0.15) is 0 Å². The van der Waals surface area contributed by atoms with Crippen molar-refractivity contribution in [3.05, 3.63) is 24.3 Å². The zero-order valence-electron chi connectivity index (χ0n) is 23.0. The Labute approximate surface area is 212 Å². The Morgan fingerprint density at radius 2 is 1.03 bits per heavy atom. The summed E-state index contributed by atoms with van der Waals surface area (Å²) >= 11 is -2.76. The van der Waals surface area contributed by atoms with Crippen molar-refractivity contribution < 1.29 is 7.87 Å². The van der Waals surface area contributed by atoms with Crippen molar-refractivity contribution in [2.75, 3.05) is 0 Å². The van der Waals surface area contributed by atoms with Crippen molar-refractivity contribution in [1.29, 1.82) is 0 Å². The van der Waals surface area contributed by atoms with Gasteiger partial charge in [0.2, 0.25) is 0 Å². The van der Waals surface area contributed by atoms with Crippen LogP contribution in [0.15, 0.2) is 24.3 Å². The summed E-state index contributed by atoms with van der Waals surface area (Å²) in [4.78, 5) is 12.7. The second-order valence-corrected chi connectivity index (χ2v) is 21.6. The van der Waals surface area contributed by atoms with Crippen molar-refractivity contribution in [3.63, 3.8) is 0 Å². The Morgan fingerprint density at radius 1 is 0.576 bits per heavy atom. The zero-order valence-corrected chi connectivity index (χ0v) is 25.8. The van der Waals surface area contributed by atoms with Crippen LogP contribution in [0.4, 0.5) is 0 Å². The molecule has 0 heterocycles. The van der Waals surface area contributed by atoms with Gasteiger partial charge in [-0.05, 0) is 12.8 Å². The van der Waals surface area contributed by atoms with Gasteiger partial charge in [0, 0.05) is 0 Å². The number of allylic oxidation sites excluding steroid dienone is 4. The summed E-state index contributed by atoms with van der Waals surface area (Å²) in [6.45, 7) is 9.05. The summed E-state index contributed by atoms with van der Waals surface area (Å²) in [5.41, 5.74) is 0. The van der Waals surface area contributed by atoms with E-state index in [4.69, 9.17) is 3.07 Å². The quantitative estimate of drug-likeness (QED) is 0.0657. The molecule has 0 saturated heterocycles. The first kappa shape index (κ1) is 32.7. The fourth-order valence-electron chi connectivity index (χ4n) is 4.40. The molecule has 0 bridgehead atoms. The predicted octanol–water partition coefficient (Wildman–Crippen LogP) is 10.7. The van der Waals surface area contributed by atoms with Crippen molar-refractivity contribution in [2.45, 2.75) is 157 Å². The van der Waals surface area contributed by atoms with E-state index in [0.717, 1.165) is 12.8 Å². The third-order valence-electron chi connectivity index (χ3n) is 6.62. The number of unbranched alkanes of at least 4 members (excludes halogenated alkanes) is 11. The molecule has 0 aliphatic rings. The Balaban J connectivity index is 4.00. The van der Waals surface area contributed by atoms with Gasteiger partial charge in [-0.1, -0.05) is 31.9 Å². The summed E-state index contributed by atoms with van der Waals surface area (Å²) in [7, 11) is 0. The van der Waals surface area contributed by atoms with Crippen LogP contribution in [0.3, 0.4) is 0 Å². The molecule has 0 fully saturated rings. The maximum absolute atomic E-state index is 12.7. The summed E-state index contributed by atoms with van der Waals surface area (Å²) in [5, 5.41) is 0. The third kappa shape index (κ3) is 20.8. The molecule has 0 saturated carbocycles. The maximum atomic E-state index is 12.7. The first-order valence-electron chi connectivity index (χ1n) is 14.7. The molecule has 0 aromatic rings. The monoisotopic (exact) mass is 570 g/mol. The zero-order chi connectivity index (χ0) is 24.5. The molecule has 0 unspecified atom stereocenters. The van der Waals surface area contributed by atoms with Crippen LogP contribution < -0.4 is 0 Å². The van der Waals surface area contributed by atoms with Crippen LogP contribution in [-0.2, 0) is 7.87 Å². The van der Waals surface area contributed by atoms with Gasteiger partial charge in [0.1, 0.15) is 0 Å². The SMILES string of the molecule is CCCCC/C=C\C/C=C\CCCCCCCC(=O)[O][Sn]([CH2]CCC)([CH2]CCC)[CH2]CCC. The van der Waals surface area contributed by atoms with E-state index >= 15 is 0 Å². The molecule has 2 nitrogen and oxygen atoms in total. The second kappa shape index (κ2) is 24.9. The van der Waals surface area contributed by atoms with E-state index in [0.29, 0.717) is 6.42 Å². The molecule has 0 aromatic carbocycles. The van der Waals surface area contributed by atoms with Crippen molar-refractivity contribution in [2.24, 2.45) is 0 Å². The topological polar surface area (TPSA) is 26.3 Å². The van der Waals surface area contributed by atoms with E-state index < -0.39 is 18.8 Å². The number of hydrogen-bond donors (Lipinski definition) is 0. The van der Waals surface area contributed by atoms with Gasteiger partial charge in [-0.3, -0.25) is 0 Å². The van der Waals surface area contributed by atoms with Crippen LogP contribution in [0.5, 0.6) is 0 Å². The average molecular weight is 570 g/mol. The molecule has 0 atom stereocenters.